The second kappa shape index (κ2) is 4.70. The first-order valence-electron chi connectivity index (χ1n) is 5.50. The Balaban J connectivity index is 1.87. The largest absolute Gasteiger partial charge is 0.323 e. The number of hydrogen-bond donors (Lipinski definition) is 1. The third-order valence-corrected chi connectivity index (χ3v) is 4.55. The summed E-state index contributed by atoms with van der Waals surface area (Å²) in [5.74, 6) is 0. The summed E-state index contributed by atoms with van der Waals surface area (Å²) in [6.07, 6.45) is 3.73. The van der Waals surface area contributed by atoms with Crippen LogP contribution in [0.25, 0.3) is 0 Å². The van der Waals surface area contributed by atoms with Crippen molar-refractivity contribution < 1.29 is 9.11 Å². The molecule has 0 saturated carbocycles. The number of piperidine rings is 1. The van der Waals surface area contributed by atoms with Crippen molar-refractivity contribution in [2.24, 2.45) is 0 Å². The Labute approximate surface area is 88.6 Å². The van der Waals surface area contributed by atoms with Gasteiger partial charge in [-0.05, 0) is 12.8 Å². The summed E-state index contributed by atoms with van der Waals surface area (Å²) in [6, 6.07) is 0. The lowest BCUT2D eigenvalue weighted by atomic mass is 10.2. The van der Waals surface area contributed by atoms with Gasteiger partial charge in [-0.1, -0.05) is 6.42 Å². The zero-order valence-electron chi connectivity index (χ0n) is 8.87. The Morgan fingerprint density at radius 2 is 1.79 bits per heavy atom. The van der Waals surface area contributed by atoms with Crippen LogP contribution in [0.2, 0.25) is 0 Å². The first-order valence-corrected chi connectivity index (χ1v) is 6.57. The van der Waals surface area contributed by atoms with Gasteiger partial charge in [0.2, 0.25) is 0 Å². The summed E-state index contributed by atoms with van der Waals surface area (Å²) in [5.41, 5.74) is 0. The lowest BCUT2D eigenvalue weighted by Gasteiger charge is -2.27. The minimum atomic E-state index is -0.857. The highest BCUT2D eigenvalue weighted by molar-refractivity contribution is 7.80. The van der Waals surface area contributed by atoms with Crippen LogP contribution in [0.5, 0.6) is 0 Å². The Hall–Kier alpha value is 0.0300. The fourth-order valence-corrected chi connectivity index (χ4v) is 3.57. The van der Waals surface area contributed by atoms with E-state index in [1.165, 1.54) is 24.2 Å². The lowest BCUT2D eigenvalue weighted by Crippen LogP contribution is -3.07. The van der Waals surface area contributed by atoms with Crippen LogP contribution in [-0.4, -0.2) is 52.7 Å². The molecule has 0 aromatic carbocycles. The molecule has 0 amide bonds. The molecule has 0 radical (unpaired) electrons. The lowest BCUT2D eigenvalue weighted by molar-refractivity contribution is -0.869. The summed E-state index contributed by atoms with van der Waals surface area (Å²) in [6.45, 7) is 5.07. The van der Waals surface area contributed by atoms with Gasteiger partial charge in [-0.3, -0.25) is 0 Å². The fourth-order valence-electron chi connectivity index (χ4n) is 2.09. The molecule has 2 aliphatic rings. The maximum absolute atomic E-state index is 12.1. The molecular formula is C9H20N3OS+. The van der Waals surface area contributed by atoms with Crippen LogP contribution in [0.3, 0.4) is 0 Å². The van der Waals surface area contributed by atoms with E-state index in [0.29, 0.717) is 0 Å². The van der Waals surface area contributed by atoms with Crippen molar-refractivity contribution in [3.63, 3.8) is 0 Å². The molecular weight excluding hydrogens is 198 g/mol. The highest BCUT2D eigenvalue weighted by Crippen LogP contribution is 2.12. The molecule has 82 valence electrons. The predicted octanol–water partition coefficient (Wildman–Crippen LogP) is -1.16. The van der Waals surface area contributed by atoms with Crippen LogP contribution in [-0.2, 0) is 11.2 Å². The van der Waals surface area contributed by atoms with Crippen molar-refractivity contribution in [3.8, 4) is 0 Å². The van der Waals surface area contributed by atoms with Gasteiger partial charge < -0.3 is 4.90 Å². The third kappa shape index (κ3) is 2.34. The van der Waals surface area contributed by atoms with E-state index in [9.17, 15) is 4.21 Å². The molecule has 4 nitrogen and oxygen atoms in total. The van der Waals surface area contributed by atoms with E-state index >= 15 is 0 Å². The fraction of sp³-hybridized carbons (Fsp3) is 1.00. The van der Waals surface area contributed by atoms with Gasteiger partial charge in [0.05, 0.1) is 20.1 Å². The van der Waals surface area contributed by atoms with Crippen molar-refractivity contribution in [3.05, 3.63) is 0 Å². The van der Waals surface area contributed by atoms with Gasteiger partial charge in [-0.25, -0.2) is 8.51 Å². The van der Waals surface area contributed by atoms with Gasteiger partial charge >= 0.3 is 0 Å². The molecule has 2 aliphatic heterocycles. The predicted molar refractivity (Wildman–Crippen MR) is 56.9 cm³/mol. The van der Waals surface area contributed by atoms with E-state index in [4.69, 9.17) is 0 Å². The molecule has 2 fully saturated rings. The minimum Gasteiger partial charge on any atom is -0.323 e. The molecule has 2 unspecified atom stereocenters. The van der Waals surface area contributed by atoms with E-state index in [-0.39, 0.29) is 0 Å². The molecule has 2 saturated heterocycles. The van der Waals surface area contributed by atoms with Crippen LogP contribution in [0.4, 0.5) is 0 Å². The third-order valence-electron chi connectivity index (χ3n) is 2.99. The SMILES string of the molecule is C[NH+]1CCN(S(=O)N2CCCCC2)C1. The van der Waals surface area contributed by atoms with Crippen LogP contribution < -0.4 is 4.90 Å². The van der Waals surface area contributed by atoms with E-state index in [1.54, 1.807) is 0 Å². The topological polar surface area (TPSA) is 28.0 Å². The monoisotopic (exact) mass is 218 g/mol. The number of nitrogens with zero attached hydrogens (tertiary/aromatic N) is 2. The van der Waals surface area contributed by atoms with E-state index < -0.39 is 11.2 Å². The average molecular weight is 218 g/mol. The van der Waals surface area contributed by atoms with Crippen molar-refractivity contribution in [1.82, 2.24) is 8.61 Å². The average Bonchev–Trinajstić information content (AvgIpc) is 2.65. The summed E-state index contributed by atoms with van der Waals surface area (Å²) < 4.78 is 16.3. The van der Waals surface area contributed by atoms with E-state index in [1.807, 2.05) is 0 Å². The van der Waals surface area contributed by atoms with E-state index in [2.05, 4.69) is 15.7 Å². The number of quaternary nitrogens is 1. The minimum absolute atomic E-state index is 0.857. The Kier molecular flexibility index (Phi) is 3.54. The first kappa shape index (κ1) is 10.5. The molecule has 0 aromatic heterocycles. The molecule has 2 heterocycles. The molecule has 14 heavy (non-hydrogen) atoms. The van der Waals surface area contributed by atoms with Crippen LogP contribution >= 0.6 is 0 Å². The number of likely N-dealkylation sites (N-methyl/N-ethyl adjacent to an activating group) is 1. The number of hydrogen-bond acceptors (Lipinski definition) is 1. The summed E-state index contributed by atoms with van der Waals surface area (Å²) >= 11 is -0.857. The maximum Gasteiger partial charge on any atom is 0.177 e. The molecule has 0 bridgehead atoms. The summed E-state index contributed by atoms with van der Waals surface area (Å²) in [7, 11) is 2.16. The zero-order chi connectivity index (χ0) is 9.97. The molecule has 0 spiro atoms. The Bertz CT molecular complexity index is 211. The van der Waals surface area contributed by atoms with Gasteiger partial charge in [-0.2, -0.15) is 4.31 Å². The summed E-state index contributed by atoms with van der Waals surface area (Å²) in [4.78, 5) is 1.47. The van der Waals surface area contributed by atoms with Crippen molar-refractivity contribution in [2.45, 2.75) is 19.3 Å². The standard InChI is InChI=1S/C9H19N3OS/c1-10-7-8-12(9-10)14(13)11-5-3-2-4-6-11/h2-9H2,1H3/p+1. The van der Waals surface area contributed by atoms with E-state index in [0.717, 1.165) is 32.8 Å². The molecule has 5 heteroatoms. The highest BCUT2D eigenvalue weighted by Gasteiger charge is 2.29. The van der Waals surface area contributed by atoms with Crippen molar-refractivity contribution in [1.29, 1.82) is 0 Å². The molecule has 0 aromatic rings. The van der Waals surface area contributed by atoms with Gasteiger partial charge in [0.25, 0.3) is 0 Å². The first-order chi connectivity index (χ1) is 6.77. The quantitative estimate of drug-likeness (QED) is 0.622. The molecule has 2 atom stereocenters. The number of nitrogens with one attached hydrogen (secondary N) is 1. The Morgan fingerprint density at radius 1 is 1.07 bits per heavy atom. The maximum atomic E-state index is 12.1. The second-order valence-electron chi connectivity index (χ2n) is 4.29. The normalized spacial score (nSPS) is 33.4. The smallest absolute Gasteiger partial charge is 0.177 e. The van der Waals surface area contributed by atoms with Gasteiger partial charge in [0.15, 0.2) is 11.2 Å². The van der Waals surface area contributed by atoms with Gasteiger partial charge in [0, 0.05) is 13.1 Å². The van der Waals surface area contributed by atoms with Crippen molar-refractivity contribution in [2.75, 3.05) is 39.9 Å². The highest BCUT2D eigenvalue weighted by atomic mass is 32.2. The van der Waals surface area contributed by atoms with Crippen LogP contribution in [0.15, 0.2) is 0 Å². The van der Waals surface area contributed by atoms with Crippen LogP contribution in [0, 0.1) is 0 Å². The molecule has 2 rings (SSSR count). The Morgan fingerprint density at radius 3 is 2.36 bits per heavy atom. The van der Waals surface area contributed by atoms with Gasteiger partial charge in [-0.15, -0.1) is 0 Å². The second-order valence-corrected chi connectivity index (χ2v) is 5.79. The number of rotatable bonds is 2. The van der Waals surface area contributed by atoms with Crippen LogP contribution in [0.1, 0.15) is 19.3 Å². The zero-order valence-corrected chi connectivity index (χ0v) is 9.68. The summed E-state index contributed by atoms with van der Waals surface area (Å²) in [5, 5.41) is 0. The molecule has 0 aliphatic carbocycles. The van der Waals surface area contributed by atoms with Gasteiger partial charge in [0.1, 0.15) is 6.67 Å². The van der Waals surface area contributed by atoms with Crippen molar-refractivity contribution >= 4 is 11.2 Å². The molecule has 1 N–H and O–H groups in total.